The number of ketones is 1. The Morgan fingerprint density at radius 1 is 1.33 bits per heavy atom. The molecule has 0 aromatic heterocycles. The number of benzene rings is 1. The number of carbonyl (C=O) groups excluding carboxylic acids is 2. The normalized spacial score (nSPS) is 12.0. The molecule has 1 aromatic rings. The first kappa shape index (κ1) is 17.2. The number of Topliss-reactive ketones (excluding diaryl/α,β-unsaturated/α-hetero) is 1. The second kappa shape index (κ2) is 8.42. The third kappa shape index (κ3) is 6.40. The van der Waals surface area contributed by atoms with E-state index in [1.54, 1.807) is 24.3 Å². The summed E-state index contributed by atoms with van der Waals surface area (Å²) in [5, 5.41) is 2.85. The summed E-state index contributed by atoms with van der Waals surface area (Å²) in [6, 6.07) is 6.75. The van der Waals surface area contributed by atoms with Gasteiger partial charge < -0.3 is 15.8 Å². The van der Waals surface area contributed by atoms with Gasteiger partial charge in [0.2, 0.25) is 0 Å². The number of nitrogens with two attached hydrogens (primary N) is 1. The molecule has 1 unspecified atom stereocenters. The molecule has 0 saturated heterocycles. The molecule has 1 atom stereocenters. The Morgan fingerprint density at radius 3 is 2.62 bits per heavy atom. The highest BCUT2D eigenvalue weighted by atomic mass is 16.5. The lowest BCUT2D eigenvalue weighted by Crippen LogP contribution is -2.43. The van der Waals surface area contributed by atoms with Crippen LogP contribution < -0.4 is 15.8 Å². The molecule has 1 aromatic carbocycles. The van der Waals surface area contributed by atoms with E-state index in [-0.39, 0.29) is 24.3 Å². The topological polar surface area (TPSA) is 81.4 Å². The third-order valence-corrected chi connectivity index (χ3v) is 3.02. The molecule has 0 aliphatic rings. The van der Waals surface area contributed by atoms with Crippen LogP contribution in [-0.2, 0) is 4.79 Å². The van der Waals surface area contributed by atoms with Crippen molar-refractivity contribution < 1.29 is 14.3 Å². The zero-order valence-corrected chi connectivity index (χ0v) is 12.9. The van der Waals surface area contributed by atoms with Crippen molar-refractivity contribution in [1.82, 2.24) is 5.32 Å². The van der Waals surface area contributed by atoms with Crippen molar-refractivity contribution >= 4 is 11.7 Å². The first-order valence-electron chi connectivity index (χ1n) is 7.15. The number of nitrogens with one attached hydrogen (secondary N) is 1. The van der Waals surface area contributed by atoms with E-state index < -0.39 is 0 Å². The van der Waals surface area contributed by atoms with Gasteiger partial charge in [0.25, 0.3) is 5.91 Å². The van der Waals surface area contributed by atoms with Crippen molar-refractivity contribution in [1.29, 1.82) is 0 Å². The molecule has 1 rings (SSSR count). The van der Waals surface area contributed by atoms with Gasteiger partial charge in [-0.05, 0) is 31.4 Å². The number of hydrogen-bond donors (Lipinski definition) is 2. The fourth-order valence-electron chi connectivity index (χ4n) is 2.01. The zero-order chi connectivity index (χ0) is 15.8. The minimum atomic E-state index is -0.209. The van der Waals surface area contributed by atoms with Crippen LogP contribution in [-0.4, -0.2) is 30.9 Å². The molecule has 0 spiro atoms. The average Bonchev–Trinajstić information content (AvgIpc) is 2.44. The maximum atomic E-state index is 11.8. The zero-order valence-electron chi connectivity index (χ0n) is 12.9. The standard InChI is InChI=1S/C16H24N2O3/c1-11(2)7-14(9-17)18-16(20)10-21-15-6-4-5-13(8-15)12(3)19/h4-6,8,11,14H,7,9-10,17H2,1-3H3,(H,18,20). The van der Waals surface area contributed by atoms with Crippen molar-refractivity contribution in [3.05, 3.63) is 29.8 Å². The first-order chi connectivity index (χ1) is 9.92. The molecular weight excluding hydrogens is 268 g/mol. The second-order valence-electron chi connectivity index (χ2n) is 5.50. The molecule has 0 radical (unpaired) electrons. The van der Waals surface area contributed by atoms with Crippen LogP contribution in [0, 0.1) is 5.92 Å². The molecule has 1 amide bonds. The molecule has 0 saturated carbocycles. The first-order valence-corrected chi connectivity index (χ1v) is 7.15. The molecule has 0 aliphatic carbocycles. The highest BCUT2D eigenvalue weighted by Crippen LogP contribution is 2.13. The fraction of sp³-hybridized carbons (Fsp3) is 0.500. The highest BCUT2D eigenvalue weighted by molar-refractivity contribution is 5.94. The third-order valence-electron chi connectivity index (χ3n) is 3.02. The van der Waals surface area contributed by atoms with Gasteiger partial charge in [0.05, 0.1) is 0 Å². The molecule has 0 fully saturated rings. The van der Waals surface area contributed by atoms with Crippen LogP contribution in [0.2, 0.25) is 0 Å². The van der Waals surface area contributed by atoms with E-state index in [2.05, 4.69) is 19.2 Å². The Kier molecular flexibility index (Phi) is 6.88. The van der Waals surface area contributed by atoms with Gasteiger partial charge >= 0.3 is 0 Å². The number of amides is 1. The molecule has 0 bridgehead atoms. The summed E-state index contributed by atoms with van der Waals surface area (Å²) in [6.07, 6.45) is 0.835. The molecule has 21 heavy (non-hydrogen) atoms. The van der Waals surface area contributed by atoms with Gasteiger partial charge in [-0.2, -0.15) is 0 Å². The molecular formula is C16H24N2O3. The monoisotopic (exact) mass is 292 g/mol. The lowest BCUT2D eigenvalue weighted by molar-refractivity contribution is -0.123. The highest BCUT2D eigenvalue weighted by Gasteiger charge is 2.13. The maximum Gasteiger partial charge on any atom is 0.258 e. The molecule has 5 heteroatoms. The van der Waals surface area contributed by atoms with E-state index in [0.29, 0.717) is 23.8 Å². The fourth-order valence-corrected chi connectivity index (χ4v) is 2.01. The van der Waals surface area contributed by atoms with E-state index >= 15 is 0 Å². The van der Waals surface area contributed by atoms with Gasteiger partial charge in [-0.15, -0.1) is 0 Å². The van der Waals surface area contributed by atoms with Crippen LogP contribution in [0.15, 0.2) is 24.3 Å². The van der Waals surface area contributed by atoms with Gasteiger partial charge in [0, 0.05) is 18.2 Å². The largest absolute Gasteiger partial charge is 0.484 e. The van der Waals surface area contributed by atoms with Gasteiger partial charge in [0.15, 0.2) is 12.4 Å². The minimum absolute atomic E-state index is 0.0370. The van der Waals surface area contributed by atoms with Crippen LogP contribution in [0.5, 0.6) is 5.75 Å². The van der Waals surface area contributed by atoms with Crippen molar-refractivity contribution in [2.24, 2.45) is 11.7 Å². The van der Waals surface area contributed by atoms with Crippen molar-refractivity contribution in [3.63, 3.8) is 0 Å². The van der Waals surface area contributed by atoms with Crippen molar-refractivity contribution in [2.75, 3.05) is 13.2 Å². The lowest BCUT2D eigenvalue weighted by atomic mass is 10.0. The Bertz CT molecular complexity index is 486. The van der Waals surface area contributed by atoms with Gasteiger partial charge in [-0.3, -0.25) is 9.59 Å². The van der Waals surface area contributed by atoms with Crippen LogP contribution in [0.3, 0.4) is 0 Å². The number of carbonyl (C=O) groups is 2. The molecule has 0 aliphatic heterocycles. The molecule has 3 N–H and O–H groups in total. The summed E-state index contributed by atoms with van der Waals surface area (Å²) in [5.41, 5.74) is 6.20. The number of hydrogen-bond acceptors (Lipinski definition) is 4. The summed E-state index contributed by atoms with van der Waals surface area (Å²) in [5.74, 6) is 0.724. The summed E-state index contributed by atoms with van der Waals surface area (Å²) < 4.78 is 5.40. The summed E-state index contributed by atoms with van der Waals surface area (Å²) in [4.78, 5) is 23.1. The number of rotatable bonds is 8. The van der Waals surface area contributed by atoms with Gasteiger partial charge in [-0.1, -0.05) is 26.0 Å². The molecule has 0 heterocycles. The van der Waals surface area contributed by atoms with E-state index in [1.807, 2.05) is 0 Å². The van der Waals surface area contributed by atoms with E-state index in [9.17, 15) is 9.59 Å². The predicted molar refractivity (Wildman–Crippen MR) is 82.4 cm³/mol. The Balaban J connectivity index is 2.49. The van der Waals surface area contributed by atoms with E-state index in [0.717, 1.165) is 6.42 Å². The SMILES string of the molecule is CC(=O)c1cccc(OCC(=O)NC(CN)CC(C)C)c1. The smallest absolute Gasteiger partial charge is 0.258 e. The van der Waals surface area contributed by atoms with Gasteiger partial charge in [-0.25, -0.2) is 0 Å². The Morgan fingerprint density at radius 2 is 2.05 bits per heavy atom. The predicted octanol–water partition coefficient (Wildman–Crippen LogP) is 1.76. The summed E-state index contributed by atoms with van der Waals surface area (Å²) in [7, 11) is 0. The lowest BCUT2D eigenvalue weighted by Gasteiger charge is -2.18. The number of ether oxygens (including phenoxy) is 1. The van der Waals surface area contributed by atoms with Crippen LogP contribution in [0.1, 0.15) is 37.6 Å². The Labute approximate surface area is 125 Å². The summed E-state index contributed by atoms with van der Waals surface area (Å²) >= 11 is 0. The average molecular weight is 292 g/mol. The van der Waals surface area contributed by atoms with Gasteiger partial charge in [0.1, 0.15) is 5.75 Å². The molecule has 5 nitrogen and oxygen atoms in total. The van der Waals surface area contributed by atoms with E-state index in [1.165, 1.54) is 6.92 Å². The van der Waals surface area contributed by atoms with Crippen LogP contribution in [0.25, 0.3) is 0 Å². The van der Waals surface area contributed by atoms with Crippen LogP contribution in [0.4, 0.5) is 0 Å². The minimum Gasteiger partial charge on any atom is -0.484 e. The molecule has 116 valence electrons. The second-order valence-corrected chi connectivity index (χ2v) is 5.50. The van der Waals surface area contributed by atoms with Crippen LogP contribution >= 0.6 is 0 Å². The Hall–Kier alpha value is -1.88. The maximum absolute atomic E-state index is 11.8. The quantitative estimate of drug-likeness (QED) is 0.715. The summed E-state index contributed by atoms with van der Waals surface area (Å²) in [6.45, 7) is 5.97. The van der Waals surface area contributed by atoms with Crippen molar-refractivity contribution in [3.8, 4) is 5.75 Å². The van der Waals surface area contributed by atoms with Crippen molar-refractivity contribution in [2.45, 2.75) is 33.2 Å². The van der Waals surface area contributed by atoms with E-state index in [4.69, 9.17) is 10.5 Å².